The molecule has 0 bridgehead atoms. The number of anilines is 2. The molecule has 1 heterocycles. The zero-order valence-corrected chi connectivity index (χ0v) is 25.0. The maximum absolute atomic E-state index is 13.8. The summed E-state index contributed by atoms with van der Waals surface area (Å²) >= 11 is 0. The number of hydrogen-bond donors (Lipinski definition) is 1. The second-order valence-electron chi connectivity index (χ2n) is 11.4. The highest BCUT2D eigenvalue weighted by atomic mass is 16.5. The summed E-state index contributed by atoms with van der Waals surface area (Å²) in [5.41, 5.74) is 3.23. The average molecular weight is 557 g/mol. The molecule has 0 radical (unpaired) electrons. The zero-order valence-electron chi connectivity index (χ0n) is 25.0. The lowest BCUT2D eigenvalue weighted by atomic mass is 9.84. The van der Waals surface area contributed by atoms with Gasteiger partial charge in [0, 0.05) is 30.9 Å². The fourth-order valence-corrected chi connectivity index (χ4v) is 5.04. The largest absolute Gasteiger partial charge is 0.507 e. The van der Waals surface area contributed by atoms with Crippen molar-refractivity contribution in [3.63, 3.8) is 0 Å². The van der Waals surface area contributed by atoms with Crippen molar-refractivity contribution in [1.82, 2.24) is 0 Å². The number of amides is 1. The molecule has 7 heteroatoms. The Morgan fingerprint density at radius 2 is 1.61 bits per heavy atom. The number of benzene rings is 3. The molecule has 1 amide bonds. The Hall–Kier alpha value is -4.26. The number of nitrogens with zero attached hydrogens (tertiary/aromatic N) is 2. The number of ether oxygens (including phenoxy) is 2. The highest BCUT2D eigenvalue weighted by Crippen LogP contribution is 2.46. The third-order valence-electron chi connectivity index (χ3n) is 7.12. The van der Waals surface area contributed by atoms with E-state index in [2.05, 4.69) is 20.8 Å². The van der Waals surface area contributed by atoms with Crippen LogP contribution in [0.4, 0.5) is 11.4 Å². The molecule has 3 aromatic carbocycles. The van der Waals surface area contributed by atoms with Crippen LogP contribution < -0.4 is 19.3 Å². The summed E-state index contributed by atoms with van der Waals surface area (Å²) in [4.78, 5) is 30.9. The Bertz CT molecular complexity index is 1450. The van der Waals surface area contributed by atoms with Gasteiger partial charge in [-0.2, -0.15) is 0 Å². The zero-order chi connectivity index (χ0) is 29.9. The molecule has 1 atom stereocenters. The molecule has 0 spiro atoms. The van der Waals surface area contributed by atoms with Crippen molar-refractivity contribution in [2.45, 2.75) is 52.5 Å². The number of carbonyl (C=O) groups excluding carboxylic acids is 2. The Kier molecular flexibility index (Phi) is 8.76. The summed E-state index contributed by atoms with van der Waals surface area (Å²) in [7, 11) is 3.89. The van der Waals surface area contributed by atoms with Crippen molar-refractivity contribution < 1.29 is 24.2 Å². The van der Waals surface area contributed by atoms with Crippen LogP contribution in [0.5, 0.6) is 11.5 Å². The predicted molar refractivity (Wildman–Crippen MR) is 164 cm³/mol. The third-order valence-corrected chi connectivity index (χ3v) is 7.12. The molecular weight excluding hydrogens is 516 g/mol. The maximum Gasteiger partial charge on any atom is 0.300 e. The maximum atomic E-state index is 13.8. The van der Waals surface area contributed by atoms with Gasteiger partial charge in [-0.1, -0.05) is 52.0 Å². The Balaban J connectivity index is 1.95. The number of ketones is 1. The number of hydrogen-bond acceptors (Lipinski definition) is 6. The van der Waals surface area contributed by atoms with Gasteiger partial charge < -0.3 is 19.5 Å². The smallest absolute Gasteiger partial charge is 0.300 e. The second-order valence-corrected chi connectivity index (χ2v) is 11.4. The van der Waals surface area contributed by atoms with Crippen molar-refractivity contribution in [2.75, 3.05) is 37.1 Å². The molecule has 7 nitrogen and oxygen atoms in total. The summed E-state index contributed by atoms with van der Waals surface area (Å²) in [6, 6.07) is 19.4. The Morgan fingerprint density at radius 3 is 2.22 bits per heavy atom. The molecule has 1 aliphatic rings. The fourth-order valence-electron chi connectivity index (χ4n) is 5.04. The molecule has 1 N–H and O–H groups in total. The lowest BCUT2D eigenvalue weighted by molar-refractivity contribution is -0.132. The first-order chi connectivity index (χ1) is 19.5. The highest BCUT2D eigenvalue weighted by Gasteiger charge is 2.48. The number of aliphatic hydroxyl groups is 1. The van der Waals surface area contributed by atoms with E-state index in [1.165, 1.54) is 4.90 Å². The van der Waals surface area contributed by atoms with Crippen molar-refractivity contribution >= 4 is 28.8 Å². The van der Waals surface area contributed by atoms with E-state index in [-0.39, 0.29) is 16.7 Å². The molecule has 3 aromatic rings. The summed E-state index contributed by atoms with van der Waals surface area (Å²) < 4.78 is 11.8. The SMILES string of the molecule is CCCOc1ccccc1N1C(=O)C(=O)/C(=C(\O)c2ccc(OCC)c(C(C)(C)C)c2)C1c1ccc(N(C)C)cc1. The average Bonchev–Trinajstić information content (AvgIpc) is 3.21. The number of aliphatic hydroxyl groups excluding tert-OH is 1. The quantitative estimate of drug-likeness (QED) is 0.176. The number of para-hydroxylation sites is 2. The molecule has 1 aliphatic heterocycles. The number of rotatable bonds is 9. The minimum absolute atomic E-state index is 0.0296. The van der Waals surface area contributed by atoms with Crippen LogP contribution in [0.1, 0.15) is 63.8 Å². The molecular formula is C34H40N2O5. The van der Waals surface area contributed by atoms with Crippen LogP contribution in [-0.4, -0.2) is 44.1 Å². The van der Waals surface area contributed by atoms with Crippen LogP contribution in [0.2, 0.25) is 0 Å². The predicted octanol–water partition coefficient (Wildman–Crippen LogP) is 6.86. The van der Waals surface area contributed by atoms with Crippen molar-refractivity contribution in [3.8, 4) is 11.5 Å². The lowest BCUT2D eigenvalue weighted by Crippen LogP contribution is -2.30. The molecule has 1 unspecified atom stereocenters. The topological polar surface area (TPSA) is 79.3 Å². The third kappa shape index (κ3) is 5.94. The van der Waals surface area contributed by atoms with Gasteiger partial charge in [0.2, 0.25) is 0 Å². The van der Waals surface area contributed by atoms with Crippen LogP contribution in [0, 0.1) is 0 Å². The summed E-state index contributed by atoms with van der Waals surface area (Å²) in [6.45, 7) is 11.1. The van der Waals surface area contributed by atoms with E-state index >= 15 is 0 Å². The standard InChI is InChI=1S/C34H40N2O5/c1-8-20-41-28-13-11-10-12-26(28)36-30(22-14-17-24(18-15-22)35(6)7)29(32(38)33(36)39)31(37)23-16-19-27(40-9-2)25(21-23)34(3,4)5/h10-19,21,30,37H,8-9,20H2,1-7H3/b31-29-. The molecule has 216 valence electrons. The van der Waals surface area contributed by atoms with Crippen LogP contribution in [0.25, 0.3) is 5.76 Å². The van der Waals surface area contributed by atoms with E-state index in [0.29, 0.717) is 35.8 Å². The molecule has 0 aliphatic carbocycles. The van der Waals surface area contributed by atoms with E-state index < -0.39 is 17.7 Å². The first kappa shape index (κ1) is 29.7. The first-order valence-corrected chi connectivity index (χ1v) is 14.1. The van der Waals surface area contributed by atoms with Gasteiger partial charge in [-0.25, -0.2) is 0 Å². The summed E-state index contributed by atoms with van der Waals surface area (Å²) in [5.74, 6) is -0.478. The molecule has 41 heavy (non-hydrogen) atoms. The van der Waals surface area contributed by atoms with Crippen molar-refractivity contribution in [2.24, 2.45) is 0 Å². The second kappa shape index (κ2) is 12.1. The fraction of sp³-hybridized carbons (Fsp3) is 0.353. The van der Waals surface area contributed by atoms with Gasteiger partial charge >= 0.3 is 0 Å². The lowest BCUT2D eigenvalue weighted by Gasteiger charge is -2.28. The number of carbonyl (C=O) groups is 2. The van der Waals surface area contributed by atoms with Crippen molar-refractivity contribution in [3.05, 3.63) is 89.0 Å². The van der Waals surface area contributed by atoms with Crippen LogP contribution in [-0.2, 0) is 15.0 Å². The van der Waals surface area contributed by atoms with Crippen LogP contribution >= 0.6 is 0 Å². The molecule has 4 rings (SSSR count). The molecule has 0 aromatic heterocycles. The van der Waals surface area contributed by atoms with Crippen LogP contribution in [0.3, 0.4) is 0 Å². The Labute approximate surface area is 243 Å². The highest BCUT2D eigenvalue weighted by molar-refractivity contribution is 6.52. The van der Waals surface area contributed by atoms with E-state index in [0.717, 1.165) is 23.4 Å². The minimum Gasteiger partial charge on any atom is -0.507 e. The normalized spacial score (nSPS) is 16.7. The van der Waals surface area contributed by atoms with Gasteiger partial charge in [-0.15, -0.1) is 0 Å². The first-order valence-electron chi connectivity index (χ1n) is 14.1. The van der Waals surface area contributed by atoms with Gasteiger partial charge in [-0.3, -0.25) is 14.5 Å². The van der Waals surface area contributed by atoms with Crippen molar-refractivity contribution in [1.29, 1.82) is 0 Å². The summed E-state index contributed by atoms with van der Waals surface area (Å²) in [5, 5.41) is 11.8. The van der Waals surface area contributed by atoms with Crippen LogP contribution in [0.15, 0.2) is 72.3 Å². The minimum atomic E-state index is -0.859. The van der Waals surface area contributed by atoms with E-state index in [1.807, 2.05) is 81.4 Å². The number of Topliss-reactive ketones (excluding diaryl/α,β-unsaturated/α-hetero) is 1. The Morgan fingerprint density at radius 1 is 0.927 bits per heavy atom. The molecule has 0 saturated carbocycles. The van der Waals surface area contributed by atoms with Gasteiger partial charge in [0.05, 0.1) is 30.5 Å². The monoisotopic (exact) mass is 556 g/mol. The summed E-state index contributed by atoms with van der Waals surface area (Å²) in [6.07, 6.45) is 0.788. The van der Waals surface area contributed by atoms with Gasteiger partial charge in [0.15, 0.2) is 0 Å². The van der Waals surface area contributed by atoms with Gasteiger partial charge in [0.25, 0.3) is 11.7 Å². The van der Waals surface area contributed by atoms with E-state index in [4.69, 9.17) is 9.47 Å². The molecule has 1 saturated heterocycles. The van der Waals surface area contributed by atoms with Gasteiger partial charge in [-0.05, 0) is 66.8 Å². The van der Waals surface area contributed by atoms with E-state index in [1.54, 1.807) is 18.2 Å². The van der Waals surface area contributed by atoms with E-state index in [9.17, 15) is 14.7 Å². The molecule has 1 fully saturated rings. The van der Waals surface area contributed by atoms with Gasteiger partial charge in [0.1, 0.15) is 17.3 Å².